The number of primary amides is 1. The number of fused-ring (bicyclic) bond motifs is 1. The molecule has 2 aromatic heterocycles. The third kappa shape index (κ3) is 5.87. The lowest BCUT2D eigenvalue weighted by Crippen LogP contribution is -2.43. The van der Waals surface area contributed by atoms with Crippen LogP contribution in [0.2, 0.25) is 0 Å². The minimum atomic E-state index is -1.56. The lowest BCUT2D eigenvalue weighted by Gasteiger charge is -2.30. The third-order valence-corrected chi connectivity index (χ3v) is 7.29. The number of aliphatic hydroxyl groups is 1. The normalized spacial score (nSPS) is 14.3. The molecule has 4 N–H and O–H groups in total. The van der Waals surface area contributed by atoms with Gasteiger partial charge in [0.05, 0.1) is 38.1 Å². The van der Waals surface area contributed by atoms with Crippen LogP contribution in [0.5, 0.6) is 11.5 Å². The molecule has 0 radical (unpaired) electrons. The molecule has 5 rings (SSSR count). The molecule has 0 saturated heterocycles. The summed E-state index contributed by atoms with van der Waals surface area (Å²) in [5.41, 5.74) is 7.12. The third-order valence-electron chi connectivity index (χ3n) is 7.29. The molecule has 10 nitrogen and oxygen atoms in total. The van der Waals surface area contributed by atoms with Crippen molar-refractivity contribution in [3.05, 3.63) is 76.9 Å². The van der Waals surface area contributed by atoms with Gasteiger partial charge in [-0.05, 0) is 81.1 Å². The van der Waals surface area contributed by atoms with Gasteiger partial charge in [-0.15, -0.1) is 5.10 Å². The Kier molecular flexibility index (Phi) is 8.04. The molecule has 1 fully saturated rings. The number of halogens is 1. The van der Waals surface area contributed by atoms with Gasteiger partial charge in [-0.3, -0.25) is 9.59 Å². The van der Waals surface area contributed by atoms with Gasteiger partial charge in [0, 0.05) is 22.1 Å². The Bertz CT molecular complexity index is 1660. The summed E-state index contributed by atoms with van der Waals surface area (Å²) in [7, 11) is 1.49. The van der Waals surface area contributed by atoms with Crippen LogP contribution in [0, 0.1) is 18.7 Å². The van der Waals surface area contributed by atoms with Gasteiger partial charge in [0.1, 0.15) is 34.1 Å². The Labute approximate surface area is 242 Å². The minimum Gasteiger partial charge on any atom is -0.494 e. The number of pyridine rings is 1. The first kappa shape index (κ1) is 28.9. The molecule has 0 aliphatic heterocycles. The van der Waals surface area contributed by atoms with Crippen LogP contribution in [0.3, 0.4) is 0 Å². The fraction of sp³-hybridized carbons (Fsp3) is 0.323. The molecule has 11 heteroatoms. The Hall–Kier alpha value is -4.64. The molecule has 218 valence electrons. The molecule has 2 heterocycles. The highest BCUT2D eigenvalue weighted by molar-refractivity contribution is 5.99. The Balaban J connectivity index is 1.53. The van der Waals surface area contributed by atoms with E-state index in [1.54, 1.807) is 44.2 Å². The molecule has 0 bridgehead atoms. The van der Waals surface area contributed by atoms with Gasteiger partial charge in [-0.1, -0.05) is 0 Å². The number of ether oxygens (including phenoxy) is 2. The van der Waals surface area contributed by atoms with Gasteiger partial charge in [0.2, 0.25) is 5.91 Å². The molecule has 2 amide bonds. The van der Waals surface area contributed by atoms with Crippen molar-refractivity contribution in [1.82, 2.24) is 20.5 Å². The second-order valence-corrected chi connectivity index (χ2v) is 10.4. The molecule has 1 aliphatic carbocycles. The van der Waals surface area contributed by atoms with E-state index in [9.17, 15) is 19.1 Å². The van der Waals surface area contributed by atoms with Crippen LogP contribution >= 0.6 is 0 Å². The van der Waals surface area contributed by atoms with E-state index in [1.807, 2.05) is 6.07 Å². The fourth-order valence-electron chi connectivity index (χ4n) is 5.07. The first-order valence-corrected chi connectivity index (χ1v) is 13.7. The predicted molar refractivity (Wildman–Crippen MR) is 153 cm³/mol. The van der Waals surface area contributed by atoms with Gasteiger partial charge in [-0.2, -0.15) is 5.10 Å². The molecule has 0 unspecified atom stereocenters. The Morgan fingerprint density at radius 2 is 1.88 bits per heavy atom. The summed E-state index contributed by atoms with van der Waals surface area (Å²) in [6.07, 6.45) is 1.28. The Morgan fingerprint density at radius 1 is 1.14 bits per heavy atom. The number of carbonyl (C=O) groups excluding carboxylic acids is 2. The summed E-state index contributed by atoms with van der Waals surface area (Å²) in [6, 6.07) is 12.4. The van der Waals surface area contributed by atoms with Crippen LogP contribution in [-0.4, -0.2) is 52.4 Å². The van der Waals surface area contributed by atoms with Crippen LogP contribution in [0.4, 0.5) is 4.39 Å². The zero-order valence-electron chi connectivity index (χ0n) is 23.6. The SMILES string of the molecule is CCOc1c(CC(N)=O)cc([C@@](O)(CNC(=O)c2cc(OC)c3nnc(C)cc3c2)C2CC2)nc1-c1ccc(F)cc1. The van der Waals surface area contributed by atoms with Crippen LogP contribution < -0.4 is 20.5 Å². The number of nitrogens with one attached hydrogen (secondary N) is 1. The first-order chi connectivity index (χ1) is 20.1. The van der Waals surface area contributed by atoms with Crippen molar-refractivity contribution in [1.29, 1.82) is 0 Å². The number of aryl methyl sites for hydroxylation is 1. The number of rotatable bonds is 11. The Morgan fingerprint density at radius 3 is 2.52 bits per heavy atom. The topological polar surface area (TPSA) is 150 Å². The highest BCUT2D eigenvalue weighted by atomic mass is 19.1. The molecule has 0 spiro atoms. The number of aromatic nitrogens is 3. The van der Waals surface area contributed by atoms with Crippen LogP contribution in [0.25, 0.3) is 22.2 Å². The van der Waals surface area contributed by atoms with E-state index >= 15 is 0 Å². The zero-order chi connectivity index (χ0) is 30.0. The molecule has 42 heavy (non-hydrogen) atoms. The van der Waals surface area contributed by atoms with Gasteiger partial charge < -0.3 is 25.6 Å². The second-order valence-electron chi connectivity index (χ2n) is 10.4. The van der Waals surface area contributed by atoms with E-state index in [4.69, 9.17) is 20.2 Å². The van der Waals surface area contributed by atoms with E-state index in [1.165, 1.54) is 19.2 Å². The summed E-state index contributed by atoms with van der Waals surface area (Å²) in [5.74, 6) is -0.895. The molecule has 4 aromatic rings. The largest absolute Gasteiger partial charge is 0.494 e. The van der Waals surface area contributed by atoms with Crippen molar-refractivity contribution in [2.45, 2.75) is 38.7 Å². The number of hydrogen-bond acceptors (Lipinski definition) is 8. The predicted octanol–water partition coefficient (Wildman–Crippen LogP) is 3.60. The van der Waals surface area contributed by atoms with Gasteiger partial charge in [-0.25, -0.2) is 9.37 Å². The number of nitrogens with zero attached hydrogens (tertiary/aromatic N) is 3. The van der Waals surface area contributed by atoms with Crippen molar-refractivity contribution in [2.24, 2.45) is 11.7 Å². The maximum absolute atomic E-state index is 13.7. The minimum absolute atomic E-state index is 0.148. The molecule has 1 saturated carbocycles. The molecule has 1 atom stereocenters. The van der Waals surface area contributed by atoms with Crippen molar-refractivity contribution >= 4 is 22.7 Å². The second kappa shape index (κ2) is 11.7. The van der Waals surface area contributed by atoms with E-state index in [2.05, 4.69) is 15.5 Å². The van der Waals surface area contributed by atoms with Crippen molar-refractivity contribution in [2.75, 3.05) is 20.3 Å². The summed E-state index contributed by atoms with van der Waals surface area (Å²) < 4.78 is 25.1. The number of benzene rings is 2. The highest BCUT2D eigenvalue weighted by Gasteiger charge is 2.47. The highest BCUT2D eigenvalue weighted by Crippen LogP contribution is 2.47. The summed E-state index contributed by atoms with van der Waals surface area (Å²) in [4.78, 5) is 30.2. The zero-order valence-corrected chi connectivity index (χ0v) is 23.6. The smallest absolute Gasteiger partial charge is 0.251 e. The van der Waals surface area contributed by atoms with E-state index in [-0.39, 0.29) is 31.2 Å². The number of hydrogen-bond donors (Lipinski definition) is 3. The van der Waals surface area contributed by atoms with Gasteiger partial charge >= 0.3 is 0 Å². The van der Waals surface area contributed by atoms with Crippen LogP contribution in [0.15, 0.2) is 48.5 Å². The lowest BCUT2D eigenvalue weighted by molar-refractivity contribution is -0.117. The van der Waals surface area contributed by atoms with Crippen molar-refractivity contribution in [3.63, 3.8) is 0 Å². The molecule has 2 aromatic carbocycles. The van der Waals surface area contributed by atoms with Crippen molar-refractivity contribution < 1.29 is 28.6 Å². The van der Waals surface area contributed by atoms with Crippen LogP contribution in [0.1, 0.15) is 47.1 Å². The maximum Gasteiger partial charge on any atom is 0.251 e. The van der Waals surface area contributed by atoms with Gasteiger partial charge in [0.15, 0.2) is 0 Å². The average Bonchev–Trinajstić information content (AvgIpc) is 3.82. The first-order valence-electron chi connectivity index (χ1n) is 13.7. The van der Waals surface area contributed by atoms with Gasteiger partial charge in [0.25, 0.3) is 5.91 Å². The monoisotopic (exact) mass is 573 g/mol. The number of carbonyl (C=O) groups is 2. The maximum atomic E-state index is 13.7. The summed E-state index contributed by atoms with van der Waals surface area (Å²) >= 11 is 0. The summed E-state index contributed by atoms with van der Waals surface area (Å²) in [6.45, 7) is 3.73. The van der Waals surface area contributed by atoms with Crippen molar-refractivity contribution in [3.8, 4) is 22.8 Å². The standard InChI is InChI=1S/C31H32FN5O5/c1-4-42-29-20(15-26(33)38)14-25(35-28(29)18-5-9-23(32)10-6-18)31(40,22-7-8-22)16-34-30(39)21-12-19-11-17(2)36-37-27(19)24(13-21)41-3/h5-6,9-14,22,40H,4,7-8,15-16H2,1-3H3,(H2,33,38)(H,34,39)/t31-/m1/s1. The average molecular weight is 574 g/mol. The van der Waals surface area contributed by atoms with Crippen LogP contribution in [-0.2, 0) is 16.8 Å². The lowest BCUT2D eigenvalue weighted by atomic mass is 9.90. The quantitative estimate of drug-likeness (QED) is 0.246. The van der Waals surface area contributed by atoms with E-state index in [0.29, 0.717) is 50.5 Å². The molecular formula is C31H32FN5O5. The van der Waals surface area contributed by atoms with E-state index in [0.717, 1.165) is 12.8 Å². The molecule has 1 aliphatic rings. The number of nitrogens with two attached hydrogens (primary N) is 1. The number of amides is 2. The molecular weight excluding hydrogens is 541 g/mol. The fourth-order valence-corrected chi connectivity index (χ4v) is 5.07. The van der Waals surface area contributed by atoms with E-state index < -0.39 is 23.2 Å². The number of methoxy groups -OCH3 is 1. The summed E-state index contributed by atoms with van der Waals surface area (Å²) in [5, 5.41) is 23.9.